The molecule has 15 heavy (non-hydrogen) atoms. The molecule has 0 saturated carbocycles. The molecule has 0 unspecified atom stereocenters. The summed E-state index contributed by atoms with van der Waals surface area (Å²) >= 11 is 5.66. The first kappa shape index (κ1) is 13.0. The molecule has 4 heteroatoms. The van der Waals surface area contributed by atoms with Gasteiger partial charge < -0.3 is 5.32 Å². The lowest BCUT2D eigenvalue weighted by molar-refractivity contribution is -0.116. The van der Waals surface area contributed by atoms with Crippen LogP contribution >= 0.6 is 38.5 Å². The van der Waals surface area contributed by atoms with Gasteiger partial charge in [0.1, 0.15) is 0 Å². The van der Waals surface area contributed by atoms with Crippen LogP contribution in [0.5, 0.6) is 0 Å². The smallest absolute Gasteiger partial charge is 0.224 e. The number of halogens is 2. The third kappa shape index (κ3) is 4.51. The van der Waals surface area contributed by atoms with E-state index in [1.807, 2.05) is 32.0 Å². The van der Waals surface area contributed by atoms with Crippen molar-refractivity contribution in [1.82, 2.24) is 0 Å². The average molecular weight is 382 g/mol. The fraction of sp³-hybridized carbons (Fsp3) is 0.364. The zero-order valence-corrected chi connectivity index (χ0v) is 12.4. The van der Waals surface area contributed by atoms with E-state index in [1.165, 1.54) is 0 Å². The molecule has 82 valence electrons. The molecular formula is C11H13BrINO. The van der Waals surface area contributed by atoms with Crippen molar-refractivity contribution >= 4 is 50.1 Å². The lowest BCUT2D eigenvalue weighted by Crippen LogP contribution is -2.14. The van der Waals surface area contributed by atoms with Gasteiger partial charge in [-0.2, -0.15) is 0 Å². The van der Waals surface area contributed by atoms with Gasteiger partial charge in [0, 0.05) is 14.5 Å². The van der Waals surface area contributed by atoms with Gasteiger partial charge in [-0.15, -0.1) is 0 Å². The number of benzene rings is 1. The molecular weight excluding hydrogens is 369 g/mol. The van der Waals surface area contributed by atoms with Crippen LogP contribution in [0.4, 0.5) is 5.69 Å². The van der Waals surface area contributed by atoms with E-state index in [0.717, 1.165) is 13.7 Å². The summed E-state index contributed by atoms with van der Waals surface area (Å²) in [5.74, 6) is 0.444. The van der Waals surface area contributed by atoms with Crippen molar-refractivity contribution in [3.8, 4) is 0 Å². The van der Waals surface area contributed by atoms with Crippen molar-refractivity contribution in [2.75, 3.05) is 5.32 Å². The predicted octanol–water partition coefficient (Wildman–Crippen LogP) is 4.04. The summed E-state index contributed by atoms with van der Waals surface area (Å²) in [7, 11) is 0. The standard InChI is InChI=1S/C11H13BrINO/c1-7(2)5-11(15)14-10-4-3-8(13)6-9(10)12/h3-4,6-7H,5H2,1-2H3,(H,14,15). The second kappa shape index (κ2) is 5.84. The Balaban J connectivity index is 2.68. The van der Waals surface area contributed by atoms with E-state index < -0.39 is 0 Å². The van der Waals surface area contributed by atoms with E-state index >= 15 is 0 Å². The fourth-order valence-corrected chi connectivity index (χ4v) is 2.56. The molecule has 0 fully saturated rings. The third-order valence-corrected chi connectivity index (χ3v) is 3.13. The summed E-state index contributed by atoms with van der Waals surface area (Å²) in [6.45, 7) is 4.06. The minimum absolute atomic E-state index is 0.0620. The van der Waals surface area contributed by atoms with Gasteiger partial charge >= 0.3 is 0 Å². The number of carbonyl (C=O) groups excluding carboxylic acids is 1. The molecule has 0 radical (unpaired) electrons. The van der Waals surface area contributed by atoms with Gasteiger partial charge in [0.15, 0.2) is 0 Å². The maximum absolute atomic E-state index is 11.5. The van der Waals surface area contributed by atoms with Crippen LogP contribution in [0.1, 0.15) is 20.3 Å². The van der Waals surface area contributed by atoms with Gasteiger partial charge in [-0.05, 0) is 62.6 Å². The predicted molar refractivity (Wildman–Crippen MR) is 74.9 cm³/mol. The van der Waals surface area contributed by atoms with Gasteiger partial charge in [0.2, 0.25) is 5.91 Å². The second-order valence-corrected chi connectivity index (χ2v) is 5.87. The Morgan fingerprint density at radius 3 is 2.73 bits per heavy atom. The zero-order valence-electron chi connectivity index (χ0n) is 8.68. The van der Waals surface area contributed by atoms with Crippen LogP contribution in [0.15, 0.2) is 22.7 Å². The number of hydrogen-bond acceptors (Lipinski definition) is 1. The maximum Gasteiger partial charge on any atom is 0.224 e. The Bertz CT molecular complexity index is 366. The lowest BCUT2D eigenvalue weighted by atomic mass is 10.1. The molecule has 0 saturated heterocycles. The Hall–Kier alpha value is -0.100. The number of carbonyl (C=O) groups is 1. The van der Waals surface area contributed by atoms with Gasteiger partial charge in [0.25, 0.3) is 0 Å². The molecule has 1 aromatic carbocycles. The van der Waals surface area contributed by atoms with Crippen molar-refractivity contribution in [2.24, 2.45) is 5.92 Å². The Morgan fingerprint density at radius 2 is 2.20 bits per heavy atom. The molecule has 1 aromatic rings. The van der Waals surface area contributed by atoms with Crippen molar-refractivity contribution in [1.29, 1.82) is 0 Å². The van der Waals surface area contributed by atoms with Crippen LogP contribution in [0.25, 0.3) is 0 Å². The summed E-state index contributed by atoms with van der Waals surface area (Å²) in [5, 5.41) is 2.88. The number of amides is 1. The summed E-state index contributed by atoms with van der Waals surface area (Å²) in [4.78, 5) is 11.5. The third-order valence-electron chi connectivity index (χ3n) is 1.80. The van der Waals surface area contributed by atoms with Crippen molar-refractivity contribution in [3.05, 3.63) is 26.2 Å². The highest BCUT2D eigenvalue weighted by Gasteiger charge is 2.07. The highest BCUT2D eigenvalue weighted by molar-refractivity contribution is 14.1. The largest absolute Gasteiger partial charge is 0.325 e. The lowest BCUT2D eigenvalue weighted by Gasteiger charge is -2.09. The van der Waals surface area contributed by atoms with E-state index in [-0.39, 0.29) is 5.91 Å². The maximum atomic E-state index is 11.5. The number of anilines is 1. The summed E-state index contributed by atoms with van der Waals surface area (Å²) in [6, 6.07) is 5.85. The first-order valence-electron chi connectivity index (χ1n) is 4.74. The first-order chi connectivity index (χ1) is 6.99. The van der Waals surface area contributed by atoms with Gasteiger partial charge in [-0.3, -0.25) is 4.79 Å². The Kier molecular flexibility index (Phi) is 5.05. The minimum Gasteiger partial charge on any atom is -0.325 e. The van der Waals surface area contributed by atoms with Crippen LogP contribution in [0, 0.1) is 9.49 Å². The summed E-state index contributed by atoms with van der Waals surface area (Å²) < 4.78 is 2.06. The van der Waals surface area contributed by atoms with Crippen LogP contribution in [0.2, 0.25) is 0 Å². The molecule has 1 rings (SSSR count). The fourth-order valence-electron chi connectivity index (χ4n) is 1.16. The van der Waals surface area contributed by atoms with Gasteiger partial charge in [-0.25, -0.2) is 0 Å². The molecule has 2 nitrogen and oxygen atoms in total. The summed E-state index contributed by atoms with van der Waals surface area (Å²) in [6.07, 6.45) is 0.554. The first-order valence-corrected chi connectivity index (χ1v) is 6.61. The molecule has 0 aliphatic rings. The molecule has 1 N–H and O–H groups in total. The van der Waals surface area contributed by atoms with Gasteiger partial charge in [0.05, 0.1) is 5.69 Å². The Morgan fingerprint density at radius 1 is 1.53 bits per heavy atom. The highest BCUT2D eigenvalue weighted by atomic mass is 127. The average Bonchev–Trinajstić information content (AvgIpc) is 2.08. The van der Waals surface area contributed by atoms with Crippen LogP contribution in [-0.2, 0) is 4.79 Å². The Labute approximate surface area is 112 Å². The monoisotopic (exact) mass is 381 g/mol. The van der Waals surface area contributed by atoms with Crippen LogP contribution in [-0.4, -0.2) is 5.91 Å². The van der Waals surface area contributed by atoms with E-state index in [9.17, 15) is 4.79 Å². The molecule has 0 aliphatic carbocycles. The number of hydrogen-bond donors (Lipinski definition) is 1. The molecule has 0 spiro atoms. The van der Waals surface area contributed by atoms with E-state index in [2.05, 4.69) is 43.8 Å². The van der Waals surface area contributed by atoms with Crippen molar-refractivity contribution in [2.45, 2.75) is 20.3 Å². The topological polar surface area (TPSA) is 29.1 Å². The van der Waals surface area contributed by atoms with Crippen molar-refractivity contribution < 1.29 is 4.79 Å². The molecule has 1 amide bonds. The molecule has 0 atom stereocenters. The molecule has 0 bridgehead atoms. The minimum atomic E-state index is 0.0620. The summed E-state index contributed by atoms with van der Waals surface area (Å²) in [5.41, 5.74) is 0.834. The number of rotatable bonds is 3. The highest BCUT2D eigenvalue weighted by Crippen LogP contribution is 2.24. The van der Waals surface area contributed by atoms with Crippen LogP contribution < -0.4 is 5.32 Å². The quantitative estimate of drug-likeness (QED) is 0.786. The van der Waals surface area contributed by atoms with E-state index in [1.54, 1.807) is 0 Å². The SMILES string of the molecule is CC(C)CC(=O)Nc1ccc(I)cc1Br. The van der Waals surface area contributed by atoms with Gasteiger partial charge in [-0.1, -0.05) is 13.8 Å². The van der Waals surface area contributed by atoms with E-state index in [0.29, 0.717) is 12.3 Å². The van der Waals surface area contributed by atoms with E-state index in [4.69, 9.17) is 0 Å². The zero-order chi connectivity index (χ0) is 11.4. The molecule has 0 heterocycles. The van der Waals surface area contributed by atoms with Crippen LogP contribution in [0.3, 0.4) is 0 Å². The normalized spacial score (nSPS) is 10.5. The molecule has 0 aliphatic heterocycles. The molecule has 0 aromatic heterocycles. The van der Waals surface area contributed by atoms with Crippen molar-refractivity contribution in [3.63, 3.8) is 0 Å². The second-order valence-electron chi connectivity index (χ2n) is 3.77. The number of nitrogens with one attached hydrogen (secondary N) is 1.